The topological polar surface area (TPSA) is 63.4 Å². The van der Waals surface area contributed by atoms with Crippen LogP contribution in [0.25, 0.3) is 21.8 Å². The molecule has 17 heavy (non-hydrogen) atoms. The molecule has 0 aliphatic rings. The lowest BCUT2D eigenvalue weighted by atomic mass is 10.1. The summed E-state index contributed by atoms with van der Waals surface area (Å²) in [7, 11) is 0. The number of para-hydroxylation sites is 1. The van der Waals surface area contributed by atoms with Crippen molar-refractivity contribution in [1.82, 2.24) is 4.98 Å². The first-order valence-electron chi connectivity index (χ1n) is 5.18. The maximum absolute atomic E-state index is 9.10. The molecule has 0 amide bonds. The van der Waals surface area contributed by atoms with E-state index in [1.807, 2.05) is 30.3 Å². The van der Waals surface area contributed by atoms with Crippen LogP contribution in [0.2, 0.25) is 0 Å². The number of nitrogens with zero attached hydrogens (tertiary/aromatic N) is 2. The van der Waals surface area contributed by atoms with E-state index < -0.39 is 0 Å². The summed E-state index contributed by atoms with van der Waals surface area (Å²) >= 11 is 0. The zero-order valence-corrected chi connectivity index (χ0v) is 8.86. The second-order valence-electron chi connectivity index (χ2n) is 3.84. The van der Waals surface area contributed by atoms with Gasteiger partial charge >= 0.3 is 0 Å². The molecule has 0 fully saturated rings. The molecule has 0 saturated heterocycles. The van der Waals surface area contributed by atoms with E-state index in [1.54, 1.807) is 6.07 Å². The molecule has 78 valence electrons. The van der Waals surface area contributed by atoms with Crippen molar-refractivity contribution in [2.45, 2.75) is 0 Å². The van der Waals surface area contributed by atoms with E-state index in [0.29, 0.717) is 11.1 Å². The summed E-state index contributed by atoms with van der Waals surface area (Å²) in [6.45, 7) is 0. The first-order valence-corrected chi connectivity index (χ1v) is 5.18. The SMILES string of the molecule is N#Cc1cc(C#N)c2[nH]c3ccccc3c2c1. The van der Waals surface area contributed by atoms with Gasteiger partial charge in [0.1, 0.15) is 6.07 Å². The van der Waals surface area contributed by atoms with Crippen LogP contribution in [0.15, 0.2) is 36.4 Å². The van der Waals surface area contributed by atoms with Crippen LogP contribution >= 0.6 is 0 Å². The first kappa shape index (κ1) is 9.45. The third-order valence-electron chi connectivity index (χ3n) is 2.86. The van der Waals surface area contributed by atoms with Gasteiger partial charge in [0.15, 0.2) is 0 Å². The quantitative estimate of drug-likeness (QED) is 0.629. The van der Waals surface area contributed by atoms with Crippen LogP contribution in [0.1, 0.15) is 11.1 Å². The van der Waals surface area contributed by atoms with Crippen LogP contribution in [0.5, 0.6) is 0 Å². The van der Waals surface area contributed by atoms with E-state index in [4.69, 9.17) is 10.5 Å². The van der Waals surface area contributed by atoms with Gasteiger partial charge < -0.3 is 4.98 Å². The summed E-state index contributed by atoms with van der Waals surface area (Å²) in [4.78, 5) is 3.22. The number of hydrogen-bond acceptors (Lipinski definition) is 2. The Morgan fingerprint density at radius 3 is 2.53 bits per heavy atom. The minimum Gasteiger partial charge on any atom is -0.353 e. The number of hydrogen-bond donors (Lipinski definition) is 1. The minimum absolute atomic E-state index is 0.509. The highest BCUT2D eigenvalue weighted by Gasteiger charge is 2.09. The fourth-order valence-electron chi connectivity index (χ4n) is 2.10. The molecule has 0 saturated carbocycles. The number of H-pyrrole nitrogens is 1. The summed E-state index contributed by atoms with van der Waals surface area (Å²) < 4.78 is 0. The predicted molar refractivity (Wildman–Crippen MR) is 65.2 cm³/mol. The Morgan fingerprint density at radius 2 is 1.76 bits per heavy atom. The van der Waals surface area contributed by atoms with Crippen molar-refractivity contribution >= 4 is 21.8 Å². The smallest absolute Gasteiger partial charge is 0.101 e. The van der Waals surface area contributed by atoms with Crippen LogP contribution in [0.3, 0.4) is 0 Å². The predicted octanol–water partition coefficient (Wildman–Crippen LogP) is 3.06. The van der Waals surface area contributed by atoms with Crippen LogP contribution in [0, 0.1) is 22.7 Å². The molecule has 0 bridgehead atoms. The normalized spacial score (nSPS) is 10.2. The summed E-state index contributed by atoms with van der Waals surface area (Å²) in [6.07, 6.45) is 0. The largest absolute Gasteiger partial charge is 0.353 e. The Balaban J connectivity index is 2.58. The molecule has 3 heteroatoms. The Kier molecular flexibility index (Phi) is 1.87. The number of nitriles is 2. The van der Waals surface area contributed by atoms with Gasteiger partial charge in [-0.05, 0) is 18.2 Å². The molecule has 0 unspecified atom stereocenters. The number of rotatable bonds is 0. The molecule has 1 N–H and O–H groups in total. The van der Waals surface area contributed by atoms with Crippen molar-refractivity contribution in [2.24, 2.45) is 0 Å². The van der Waals surface area contributed by atoms with Gasteiger partial charge in [0.2, 0.25) is 0 Å². The second kappa shape index (κ2) is 3.37. The molecular formula is C14H7N3. The standard InChI is InChI=1S/C14H7N3/c15-7-9-5-10(8-16)14-12(6-9)11-3-1-2-4-13(11)17-14/h1-6,17H. The highest BCUT2D eigenvalue weighted by atomic mass is 14.7. The fraction of sp³-hybridized carbons (Fsp3) is 0. The van der Waals surface area contributed by atoms with E-state index in [9.17, 15) is 0 Å². The molecule has 3 rings (SSSR count). The molecule has 3 aromatic rings. The van der Waals surface area contributed by atoms with Gasteiger partial charge in [0.05, 0.1) is 22.7 Å². The van der Waals surface area contributed by atoms with Crippen molar-refractivity contribution in [1.29, 1.82) is 10.5 Å². The zero-order chi connectivity index (χ0) is 11.8. The molecule has 0 radical (unpaired) electrons. The van der Waals surface area contributed by atoms with E-state index in [2.05, 4.69) is 17.1 Å². The van der Waals surface area contributed by atoms with Crippen molar-refractivity contribution in [3.63, 3.8) is 0 Å². The first-order chi connectivity index (χ1) is 8.33. The molecule has 1 aromatic heterocycles. The number of benzene rings is 2. The highest BCUT2D eigenvalue weighted by molar-refractivity contribution is 6.09. The Bertz CT molecular complexity index is 813. The second-order valence-corrected chi connectivity index (χ2v) is 3.84. The Hall–Kier alpha value is -2.78. The van der Waals surface area contributed by atoms with E-state index in [1.165, 1.54) is 0 Å². The van der Waals surface area contributed by atoms with E-state index in [0.717, 1.165) is 21.8 Å². The van der Waals surface area contributed by atoms with Crippen molar-refractivity contribution in [2.75, 3.05) is 0 Å². The number of aromatic amines is 1. The van der Waals surface area contributed by atoms with Crippen LogP contribution in [-0.2, 0) is 0 Å². The summed E-state index contributed by atoms with van der Waals surface area (Å²) in [5.74, 6) is 0. The lowest BCUT2D eigenvalue weighted by Gasteiger charge is -1.95. The van der Waals surface area contributed by atoms with E-state index >= 15 is 0 Å². The summed E-state index contributed by atoms with van der Waals surface area (Å²) in [5.41, 5.74) is 2.80. The van der Waals surface area contributed by atoms with E-state index in [-0.39, 0.29) is 0 Å². The van der Waals surface area contributed by atoms with Crippen molar-refractivity contribution < 1.29 is 0 Å². The van der Waals surface area contributed by atoms with Crippen molar-refractivity contribution in [3.05, 3.63) is 47.5 Å². The highest BCUT2D eigenvalue weighted by Crippen LogP contribution is 2.28. The average molecular weight is 217 g/mol. The maximum atomic E-state index is 9.10. The number of fused-ring (bicyclic) bond motifs is 3. The van der Waals surface area contributed by atoms with Gasteiger partial charge in [-0.1, -0.05) is 18.2 Å². The number of aromatic nitrogens is 1. The van der Waals surface area contributed by atoms with Gasteiger partial charge in [0.25, 0.3) is 0 Å². The maximum Gasteiger partial charge on any atom is 0.101 e. The molecule has 0 aliphatic carbocycles. The molecule has 2 aromatic carbocycles. The fourth-order valence-corrected chi connectivity index (χ4v) is 2.10. The molecule has 0 aliphatic heterocycles. The average Bonchev–Trinajstić information content (AvgIpc) is 2.76. The van der Waals surface area contributed by atoms with Crippen molar-refractivity contribution in [3.8, 4) is 12.1 Å². The third kappa shape index (κ3) is 1.27. The van der Waals surface area contributed by atoms with Gasteiger partial charge in [0, 0.05) is 16.3 Å². The van der Waals surface area contributed by atoms with Crippen LogP contribution in [-0.4, -0.2) is 4.98 Å². The molecule has 1 heterocycles. The minimum atomic E-state index is 0.509. The number of nitrogens with one attached hydrogen (secondary N) is 1. The third-order valence-corrected chi connectivity index (χ3v) is 2.86. The summed E-state index contributed by atoms with van der Waals surface area (Å²) in [6, 6.07) is 15.5. The lowest BCUT2D eigenvalue weighted by molar-refractivity contribution is 1.45. The van der Waals surface area contributed by atoms with Crippen LogP contribution in [0.4, 0.5) is 0 Å². The van der Waals surface area contributed by atoms with Gasteiger partial charge in [-0.3, -0.25) is 0 Å². The van der Waals surface area contributed by atoms with Gasteiger partial charge in [-0.15, -0.1) is 0 Å². The van der Waals surface area contributed by atoms with Gasteiger partial charge in [-0.2, -0.15) is 10.5 Å². The lowest BCUT2D eigenvalue weighted by Crippen LogP contribution is -1.81. The molecule has 0 atom stereocenters. The van der Waals surface area contributed by atoms with Gasteiger partial charge in [-0.25, -0.2) is 0 Å². The summed E-state index contributed by atoms with van der Waals surface area (Å²) in [5, 5.41) is 20.0. The molecule has 3 nitrogen and oxygen atoms in total. The van der Waals surface area contributed by atoms with Crippen LogP contribution < -0.4 is 0 Å². The molecule has 0 spiro atoms. The Labute approximate surface area is 97.5 Å². The molecular weight excluding hydrogens is 210 g/mol. The Morgan fingerprint density at radius 1 is 0.941 bits per heavy atom. The monoisotopic (exact) mass is 217 g/mol. The zero-order valence-electron chi connectivity index (χ0n) is 8.86.